The standard InChI is InChI=1S/C22H32N2O2/c1-20-10-17-11-21(2,14-20)16-22(12-17,15-20)19(25)24-7-5-23(6-8-24)13-18-4-3-9-26-18/h3-4,9,17H,5-8,10-16H2,1-2H3. The quantitative estimate of drug-likeness (QED) is 0.824. The number of carbonyl (C=O) groups excluding carboxylic acids is 1. The fraction of sp³-hybridized carbons (Fsp3) is 0.773. The maximum absolute atomic E-state index is 13.6. The van der Waals surface area contributed by atoms with Crippen LogP contribution in [0.5, 0.6) is 0 Å². The van der Waals surface area contributed by atoms with E-state index >= 15 is 0 Å². The monoisotopic (exact) mass is 356 g/mol. The Balaban J connectivity index is 1.27. The lowest BCUT2D eigenvalue weighted by atomic mass is 9.40. The van der Waals surface area contributed by atoms with Gasteiger partial charge in [0, 0.05) is 26.2 Å². The third-order valence-electron chi connectivity index (χ3n) is 7.70. The zero-order chi connectivity index (χ0) is 18.0. The SMILES string of the molecule is CC12CC3CC(C)(C1)CC(C(=O)N1CCN(Cc4ccco4)CC1)(C3)C2. The number of furan rings is 1. The highest BCUT2D eigenvalue weighted by Gasteiger charge is 2.63. The van der Waals surface area contributed by atoms with Gasteiger partial charge in [-0.15, -0.1) is 0 Å². The maximum atomic E-state index is 13.6. The highest BCUT2D eigenvalue weighted by molar-refractivity contribution is 5.83. The zero-order valence-corrected chi connectivity index (χ0v) is 16.3. The molecule has 142 valence electrons. The Morgan fingerprint density at radius 1 is 1.08 bits per heavy atom. The van der Waals surface area contributed by atoms with Gasteiger partial charge in [0.2, 0.25) is 5.91 Å². The van der Waals surface area contributed by atoms with E-state index in [0.717, 1.165) is 63.7 Å². The molecule has 2 heterocycles. The normalized spacial score (nSPS) is 42.4. The molecule has 4 bridgehead atoms. The van der Waals surface area contributed by atoms with Gasteiger partial charge in [0.1, 0.15) is 5.76 Å². The minimum Gasteiger partial charge on any atom is -0.468 e. The van der Waals surface area contributed by atoms with Crippen molar-refractivity contribution < 1.29 is 9.21 Å². The number of carbonyl (C=O) groups is 1. The van der Waals surface area contributed by atoms with Crippen molar-refractivity contribution in [2.75, 3.05) is 26.2 Å². The molecular weight excluding hydrogens is 324 g/mol. The molecule has 4 saturated carbocycles. The smallest absolute Gasteiger partial charge is 0.228 e. The van der Waals surface area contributed by atoms with Crippen LogP contribution in [-0.2, 0) is 11.3 Å². The van der Waals surface area contributed by atoms with Crippen molar-refractivity contribution >= 4 is 5.91 Å². The molecule has 0 aromatic carbocycles. The van der Waals surface area contributed by atoms with Crippen LogP contribution in [0.2, 0.25) is 0 Å². The van der Waals surface area contributed by atoms with Crippen molar-refractivity contribution in [2.24, 2.45) is 22.2 Å². The Hall–Kier alpha value is -1.29. The Labute approximate surface area is 156 Å². The average Bonchev–Trinajstić information content (AvgIpc) is 3.04. The summed E-state index contributed by atoms with van der Waals surface area (Å²) in [6.45, 7) is 9.44. The van der Waals surface area contributed by atoms with E-state index in [0.29, 0.717) is 16.7 Å². The molecule has 1 aliphatic heterocycles. The summed E-state index contributed by atoms with van der Waals surface area (Å²) in [5.74, 6) is 2.29. The topological polar surface area (TPSA) is 36.7 Å². The van der Waals surface area contributed by atoms with Crippen molar-refractivity contribution in [3.05, 3.63) is 24.2 Å². The van der Waals surface area contributed by atoms with E-state index in [1.807, 2.05) is 12.1 Å². The second-order valence-corrected chi connectivity index (χ2v) is 10.6. The first-order valence-electron chi connectivity index (χ1n) is 10.4. The molecule has 1 aromatic rings. The van der Waals surface area contributed by atoms with Crippen LogP contribution in [0.4, 0.5) is 0 Å². The molecule has 6 rings (SSSR count). The Morgan fingerprint density at radius 3 is 2.35 bits per heavy atom. The fourth-order valence-corrected chi connectivity index (χ4v) is 7.75. The van der Waals surface area contributed by atoms with Crippen LogP contribution in [-0.4, -0.2) is 41.9 Å². The number of hydrogen-bond acceptors (Lipinski definition) is 3. The summed E-state index contributed by atoms with van der Waals surface area (Å²) in [7, 11) is 0. The highest BCUT2D eigenvalue weighted by Crippen LogP contribution is 2.69. The number of rotatable bonds is 3. The zero-order valence-electron chi connectivity index (χ0n) is 16.3. The van der Waals surface area contributed by atoms with E-state index in [1.165, 1.54) is 19.3 Å². The third-order valence-corrected chi connectivity index (χ3v) is 7.70. The molecular formula is C22H32N2O2. The van der Waals surface area contributed by atoms with Crippen molar-refractivity contribution in [1.29, 1.82) is 0 Å². The Bertz CT molecular complexity index is 671. The summed E-state index contributed by atoms with van der Waals surface area (Å²) < 4.78 is 5.48. The van der Waals surface area contributed by atoms with Crippen LogP contribution in [0.25, 0.3) is 0 Å². The summed E-state index contributed by atoms with van der Waals surface area (Å²) in [5, 5.41) is 0. The molecule has 0 spiro atoms. The summed E-state index contributed by atoms with van der Waals surface area (Å²) >= 11 is 0. The van der Waals surface area contributed by atoms with Gasteiger partial charge in [0.05, 0.1) is 18.2 Å². The van der Waals surface area contributed by atoms with Crippen LogP contribution in [0.1, 0.15) is 58.1 Å². The summed E-state index contributed by atoms with van der Waals surface area (Å²) in [6, 6.07) is 3.98. The molecule has 4 aliphatic carbocycles. The maximum Gasteiger partial charge on any atom is 0.228 e. The lowest BCUT2D eigenvalue weighted by Gasteiger charge is -2.65. The predicted octanol–water partition coefficient (Wildman–Crippen LogP) is 3.92. The first-order valence-corrected chi connectivity index (χ1v) is 10.4. The fourth-order valence-electron chi connectivity index (χ4n) is 7.75. The van der Waals surface area contributed by atoms with E-state index in [1.54, 1.807) is 6.26 Å². The minimum absolute atomic E-state index is 0.0495. The van der Waals surface area contributed by atoms with Crippen LogP contribution < -0.4 is 0 Å². The first kappa shape index (κ1) is 16.9. The summed E-state index contributed by atoms with van der Waals surface area (Å²) in [6.07, 6.45) is 9.22. The van der Waals surface area contributed by atoms with Gasteiger partial charge in [-0.25, -0.2) is 0 Å². The van der Waals surface area contributed by atoms with Gasteiger partial charge in [0.25, 0.3) is 0 Å². The van der Waals surface area contributed by atoms with Gasteiger partial charge in [0.15, 0.2) is 0 Å². The number of nitrogens with zero attached hydrogens (tertiary/aromatic N) is 2. The van der Waals surface area contributed by atoms with E-state index in [2.05, 4.69) is 23.6 Å². The van der Waals surface area contributed by atoms with Gasteiger partial charge in [-0.1, -0.05) is 13.8 Å². The van der Waals surface area contributed by atoms with Gasteiger partial charge >= 0.3 is 0 Å². The van der Waals surface area contributed by atoms with Crippen molar-refractivity contribution in [3.8, 4) is 0 Å². The van der Waals surface area contributed by atoms with E-state index < -0.39 is 0 Å². The van der Waals surface area contributed by atoms with Crippen LogP contribution >= 0.6 is 0 Å². The van der Waals surface area contributed by atoms with Crippen molar-refractivity contribution in [3.63, 3.8) is 0 Å². The summed E-state index contributed by atoms with van der Waals surface area (Å²) in [5.41, 5.74) is 0.766. The third kappa shape index (κ3) is 2.72. The van der Waals surface area contributed by atoms with Gasteiger partial charge in [-0.05, 0) is 67.4 Å². The molecule has 5 fully saturated rings. The van der Waals surface area contributed by atoms with E-state index in [-0.39, 0.29) is 5.41 Å². The molecule has 5 aliphatic rings. The molecule has 4 heteroatoms. The number of amides is 1. The molecule has 1 amide bonds. The average molecular weight is 357 g/mol. The predicted molar refractivity (Wildman–Crippen MR) is 100 cm³/mol. The Kier molecular flexibility index (Phi) is 3.63. The van der Waals surface area contributed by atoms with E-state index in [4.69, 9.17) is 4.42 Å². The second-order valence-electron chi connectivity index (χ2n) is 10.6. The highest BCUT2D eigenvalue weighted by atomic mass is 16.3. The molecule has 0 N–H and O–H groups in total. The number of hydrogen-bond donors (Lipinski definition) is 0. The van der Waals surface area contributed by atoms with Crippen molar-refractivity contribution in [2.45, 2.75) is 58.9 Å². The Morgan fingerprint density at radius 2 is 1.77 bits per heavy atom. The largest absolute Gasteiger partial charge is 0.468 e. The molecule has 26 heavy (non-hydrogen) atoms. The lowest BCUT2D eigenvalue weighted by Crippen LogP contribution is -2.62. The van der Waals surface area contributed by atoms with Crippen molar-refractivity contribution in [1.82, 2.24) is 9.80 Å². The molecule has 4 nitrogen and oxygen atoms in total. The molecule has 2 atom stereocenters. The molecule has 0 radical (unpaired) electrons. The minimum atomic E-state index is -0.0495. The molecule has 1 saturated heterocycles. The second kappa shape index (κ2) is 5.60. The van der Waals surface area contributed by atoms with Gasteiger partial charge in [-0.3, -0.25) is 9.69 Å². The first-order chi connectivity index (χ1) is 12.4. The lowest BCUT2D eigenvalue weighted by molar-refractivity contribution is -0.180. The van der Waals surface area contributed by atoms with Crippen LogP contribution in [0.15, 0.2) is 22.8 Å². The van der Waals surface area contributed by atoms with Crippen LogP contribution in [0, 0.1) is 22.2 Å². The van der Waals surface area contributed by atoms with Gasteiger partial charge in [-0.2, -0.15) is 0 Å². The van der Waals surface area contributed by atoms with Gasteiger partial charge < -0.3 is 9.32 Å². The summed E-state index contributed by atoms with van der Waals surface area (Å²) in [4.78, 5) is 18.2. The van der Waals surface area contributed by atoms with Crippen LogP contribution in [0.3, 0.4) is 0 Å². The molecule has 2 unspecified atom stereocenters. The molecule has 1 aromatic heterocycles. The number of piperazine rings is 1. The van der Waals surface area contributed by atoms with E-state index in [9.17, 15) is 4.79 Å².